The van der Waals surface area contributed by atoms with Crippen LogP contribution in [0.1, 0.15) is 35.1 Å². The first-order valence-electron chi connectivity index (χ1n) is 5.31. The Hall–Kier alpha value is -1.31. The summed E-state index contributed by atoms with van der Waals surface area (Å²) in [5.74, 6) is -0.000264. The molecule has 9 heteroatoms. The van der Waals surface area contributed by atoms with E-state index in [1.807, 2.05) is 13.8 Å². The Morgan fingerprint density at radius 3 is 2.74 bits per heavy atom. The summed E-state index contributed by atoms with van der Waals surface area (Å²) < 4.78 is 3.79. The monoisotopic (exact) mass is 317 g/mol. The molecule has 2 rings (SSSR count). The van der Waals surface area contributed by atoms with Crippen LogP contribution in [0.5, 0.6) is 0 Å². The van der Waals surface area contributed by atoms with Gasteiger partial charge in [-0.1, -0.05) is 29.9 Å². The maximum Gasteiger partial charge on any atom is 0.270 e. The maximum absolute atomic E-state index is 12.1. The second-order valence-corrected chi connectivity index (χ2v) is 5.42. The largest absolute Gasteiger partial charge is 0.306 e. The van der Waals surface area contributed by atoms with Crippen LogP contribution in [-0.2, 0) is 0 Å². The minimum Gasteiger partial charge on any atom is -0.306 e. The molecule has 0 unspecified atom stereocenters. The second-order valence-electron chi connectivity index (χ2n) is 3.94. The molecule has 1 amide bonds. The molecule has 2 heterocycles. The molecule has 2 aromatic rings. The Labute approximate surface area is 123 Å². The molecule has 0 aliphatic rings. The zero-order valence-electron chi connectivity index (χ0n) is 10.0. The number of hydrogen-bond donors (Lipinski definition) is 1. The van der Waals surface area contributed by atoms with Crippen LogP contribution >= 0.6 is 34.7 Å². The van der Waals surface area contributed by atoms with E-state index in [1.54, 1.807) is 0 Å². The van der Waals surface area contributed by atoms with Gasteiger partial charge in [0, 0.05) is 6.07 Å². The summed E-state index contributed by atoms with van der Waals surface area (Å²) >= 11 is 12.4. The number of anilines is 1. The number of carbonyl (C=O) groups is 1. The highest BCUT2D eigenvalue weighted by atomic mass is 35.5. The topological polar surface area (TPSA) is 80.7 Å². The maximum atomic E-state index is 12.1. The molecule has 0 aliphatic heterocycles. The van der Waals surface area contributed by atoms with Crippen molar-refractivity contribution < 1.29 is 4.79 Å². The third-order valence-corrected chi connectivity index (χ3v) is 3.28. The van der Waals surface area contributed by atoms with Crippen LogP contribution < -0.4 is 5.32 Å². The van der Waals surface area contributed by atoms with Crippen molar-refractivity contribution in [3.63, 3.8) is 0 Å². The summed E-state index contributed by atoms with van der Waals surface area (Å²) in [6.45, 7) is 3.87. The summed E-state index contributed by atoms with van der Waals surface area (Å²) in [6.07, 6.45) is 0. The number of nitrogens with one attached hydrogen (secondary N) is 1. The fourth-order valence-corrected chi connectivity index (χ4v) is 2.48. The molecule has 2 aromatic heterocycles. The average Bonchev–Trinajstić information content (AvgIpc) is 2.75. The summed E-state index contributed by atoms with van der Waals surface area (Å²) in [5, 5.41) is 6.65. The standard InChI is InChI=1S/C10H9Cl2N5OS/c1-4(2)7-8(19-17-16-7)9(18)14-6-3-5(11)13-10(12)15-6/h3-4H,1-2H3,(H,13,14,15,18). The van der Waals surface area contributed by atoms with Crippen LogP contribution in [0.3, 0.4) is 0 Å². The summed E-state index contributed by atoms with van der Waals surface area (Å²) in [7, 11) is 0. The molecule has 0 saturated carbocycles. The number of hydrogen-bond acceptors (Lipinski definition) is 6. The van der Waals surface area contributed by atoms with Gasteiger partial charge in [0.1, 0.15) is 15.8 Å². The van der Waals surface area contributed by atoms with Gasteiger partial charge in [0.05, 0.1) is 5.69 Å². The van der Waals surface area contributed by atoms with Crippen molar-refractivity contribution in [2.75, 3.05) is 5.32 Å². The van der Waals surface area contributed by atoms with E-state index in [2.05, 4.69) is 24.9 Å². The van der Waals surface area contributed by atoms with Crippen molar-refractivity contribution in [1.82, 2.24) is 19.6 Å². The Bertz CT molecular complexity index is 595. The van der Waals surface area contributed by atoms with E-state index in [9.17, 15) is 4.79 Å². The molecule has 0 atom stereocenters. The molecule has 0 saturated heterocycles. The van der Waals surface area contributed by atoms with Crippen molar-refractivity contribution in [2.45, 2.75) is 19.8 Å². The quantitative estimate of drug-likeness (QED) is 0.695. The Kier molecular flexibility index (Phi) is 4.28. The van der Waals surface area contributed by atoms with Crippen LogP contribution in [0.4, 0.5) is 5.82 Å². The van der Waals surface area contributed by atoms with Crippen molar-refractivity contribution in [3.05, 3.63) is 27.1 Å². The number of rotatable bonds is 3. The SMILES string of the molecule is CC(C)c1nnsc1C(=O)Nc1cc(Cl)nc(Cl)n1. The number of halogens is 2. The van der Waals surface area contributed by atoms with Gasteiger partial charge in [-0.2, -0.15) is 0 Å². The lowest BCUT2D eigenvalue weighted by atomic mass is 10.1. The molecular formula is C10H9Cl2N5OS. The zero-order valence-corrected chi connectivity index (χ0v) is 12.3. The van der Waals surface area contributed by atoms with Gasteiger partial charge in [0.2, 0.25) is 5.28 Å². The van der Waals surface area contributed by atoms with E-state index in [1.165, 1.54) is 6.07 Å². The van der Waals surface area contributed by atoms with Gasteiger partial charge in [0.25, 0.3) is 5.91 Å². The van der Waals surface area contributed by atoms with Crippen molar-refractivity contribution in [2.24, 2.45) is 0 Å². The predicted octanol–water partition coefficient (Wildman–Crippen LogP) is 3.01. The van der Waals surface area contributed by atoms with Crippen LogP contribution in [0, 0.1) is 0 Å². The molecule has 1 N–H and O–H groups in total. The van der Waals surface area contributed by atoms with Crippen molar-refractivity contribution >= 4 is 46.5 Å². The van der Waals surface area contributed by atoms with Crippen molar-refractivity contribution in [3.8, 4) is 0 Å². The zero-order chi connectivity index (χ0) is 14.0. The first-order chi connectivity index (χ1) is 8.97. The first-order valence-corrected chi connectivity index (χ1v) is 6.84. The second kappa shape index (κ2) is 5.77. The van der Waals surface area contributed by atoms with Crippen LogP contribution in [0.25, 0.3) is 0 Å². The molecular weight excluding hydrogens is 309 g/mol. The number of amides is 1. The van der Waals surface area contributed by atoms with E-state index in [-0.39, 0.29) is 28.1 Å². The smallest absolute Gasteiger partial charge is 0.270 e. The van der Waals surface area contributed by atoms with Crippen LogP contribution in [0.2, 0.25) is 10.4 Å². The van der Waals surface area contributed by atoms with E-state index in [0.29, 0.717) is 10.6 Å². The fraction of sp³-hybridized carbons (Fsp3) is 0.300. The lowest BCUT2D eigenvalue weighted by molar-refractivity contribution is 0.102. The average molecular weight is 318 g/mol. The number of nitrogens with zero attached hydrogens (tertiary/aromatic N) is 4. The molecule has 0 spiro atoms. The third-order valence-electron chi connectivity index (χ3n) is 2.18. The number of carbonyl (C=O) groups excluding carboxylic acids is 1. The molecule has 100 valence electrons. The van der Waals surface area contributed by atoms with Crippen LogP contribution in [0.15, 0.2) is 6.07 Å². The van der Waals surface area contributed by atoms with E-state index >= 15 is 0 Å². The Morgan fingerprint density at radius 2 is 2.11 bits per heavy atom. The van der Waals surface area contributed by atoms with Gasteiger partial charge in [0.15, 0.2) is 0 Å². The highest BCUT2D eigenvalue weighted by Crippen LogP contribution is 2.21. The van der Waals surface area contributed by atoms with Gasteiger partial charge in [-0.3, -0.25) is 4.79 Å². The van der Waals surface area contributed by atoms with E-state index in [4.69, 9.17) is 23.2 Å². The lowest BCUT2D eigenvalue weighted by Crippen LogP contribution is -2.14. The normalized spacial score (nSPS) is 10.8. The molecule has 19 heavy (non-hydrogen) atoms. The minimum atomic E-state index is -0.343. The molecule has 0 fully saturated rings. The van der Waals surface area contributed by atoms with Crippen LogP contribution in [-0.4, -0.2) is 25.5 Å². The van der Waals surface area contributed by atoms with E-state index in [0.717, 1.165) is 11.5 Å². The van der Waals surface area contributed by atoms with Gasteiger partial charge in [-0.15, -0.1) is 5.10 Å². The molecule has 0 bridgehead atoms. The predicted molar refractivity (Wildman–Crippen MR) is 74.0 cm³/mol. The summed E-state index contributed by atoms with van der Waals surface area (Å²) in [4.78, 5) is 20.1. The number of aromatic nitrogens is 4. The van der Waals surface area contributed by atoms with Gasteiger partial charge in [-0.25, -0.2) is 9.97 Å². The fourth-order valence-electron chi connectivity index (χ4n) is 1.36. The Balaban J connectivity index is 2.23. The highest BCUT2D eigenvalue weighted by molar-refractivity contribution is 7.08. The summed E-state index contributed by atoms with van der Waals surface area (Å²) in [5.41, 5.74) is 0.647. The van der Waals surface area contributed by atoms with Gasteiger partial charge < -0.3 is 5.32 Å². The van der Waals surface area contributed by atoms with Crippen molar-refractivity contribution in [1.29, 1.82) is 0 Å². The first kappa shape index (κ1) is 14.1. The van der Waals surface area contributed by atoms with Gasteiger partial charge >= 0.3 is 0 Å². The molecule has 0 aliphatic carbocycles. The Morgan fingerprint density at radius 1 is 1.37 bits per heavy atom. The minimum absolute atomic E-state index is 0.0330. The molecule has 6 nitrogen and oxygen atoms in total. The lowest BCUT2D eigenvalue weighted by Gasteiger charge is -2.05. The third kappa shape index (κ3) is 3.37. The highest BCUT2D eigenvalue weighted by Gasteiger charge is 2.19. The molecule has 0 radical (unpaired) electrons. The van der Waals surface area contributed by atoms with E-state index < -0.39 is 0 Å². The summed E-state index contributed by atoms with van der Waals surface area (Å²) in [6, 6.07) is 1.41. The molecule has 0 aromatic carbocycles. The van der Waals surface area contributed by atoms with Gasteiger partial charge in [-0.05, 0) is 29.1 Å².